The summed E-state index contributed by atoms with van der Waals surface area (Å²) in [5.41, 5.74) is 5.52. The van der Waals surface area contributed by atoms with E-state index in [0.717, 1.165) is 0 Å². The molecule has 0 radical (unpaired) electrons. The molecule has 1 aromatic rings. The van der Waals surface area contributed by atoms with Gasteiger partial charge in [-0.25, -0.2) is 13.2 Å². The summed E-state index contributed by atoms with van der Waals surface area (Å²) in [4.78, 5) is 0. The van der Waals surface area contributed by atoms with Crippen LogP contribution in [0.2, 0.25) is 0 Å². The molecule has 0 spiro atoms. The van der Waals surface area contributed by atoms with Gasteiger partial charge in [0.1, 0.15) is 5.82 Å². The molecule has 1 unspecified atom stereocenters. The topological polar surface area (TPSA) is 26.0 Å². The van der Waals surface area contributed by atoms with Gasteiger partial charge in [-0.15, -0.1) is 0 Å². The Morgan fingerprint density at radius 3 is 2.38 bits per heavy atom. The second-order valence-corrected chi connectivity index (χ2v) is 2.75. The molecule has 13 heavy (non-hydrogen) atoms. The molecule has 72 valence electrons. The standard InChI is InChI=1S/C9H10F3N/c10-7-4-2-1-3-6(7)8(13)5-9(11)12/h1-4,8-9H,5,13H2. The van der Waals surface area contributed by atoms with Crippen molar-refractivity contribution in [2.24, 2.45) is 5.73 Å². The van der Waals surface area contributed by atoms with Crippen LogP contribution < -0.4 is 5.73 Å². The lowest BCUT2D eigenvalue weighted by molar-refractivity contribution is 0.128. The first kappa shape index (κ1) is 10.1. The Morgan fingerprint density at radius 2 is 1.85 bits per heavy atom. The molecular formula is C9H10F3N. The van der Waals surface area contributed by atoms with Gasteiger partial charge in [0.25, 0.3) is 0 Å². The predicted molar refractivity (Wildman–Crippen MR) is 43.9 cm³/mol. The molecule has 0 aliphatic carbocycles. The third-order valence-corrected chi connectivity index (χ3v) is 1.74. The summed E-state index contributed by atoms with van der Waals surface area (Å²) in [7, 11) is 0. The van der Waals surface area contributed by atoms with Gasteiger partial charge in [-0.3, -0.25) is 0 Å². The van der Waals surface area contributed by atoms with Gasteiger partial charge in [0.2, 0.25) is 6.43 Å². The Balaban J connectivity index is 2.76. The average Bonchev–Trinajstić information content (AvgIpc) is 2.03. The van der Waals surface area contributed by atoms with E-state index >= 15 is 0 Å². The quantitative estimate of drug-likeness (QED) is 0.776. The molecule has 4 heteroatoms. The molecular weight excluding hydrogens is 179 g/mol. The summed E-state index contributed by atoms with van der Waals surface area (Å²) in [5, 5.41) is 0. The molecule has 0 aliphatic heterocycles. The highest BCUT2D eigenvalue weighted by atomic mass is 19.3. The highest BCUT2D eigenvalue weighted by molar-refractivity contribution is 5.20. The van der Waals surface area contributed by atoms with Crippen molar-refractivity contribution in [3.05, 3.63) is 35.6 Å². The predicted octanol–water partition coefficient (Wildman–Crippen LogP) is 2.48. The second-order valence-electron chi connectivity index (χ2n) is 2.75. The molecule has 1 nitrogen and oxygen atoms in total. The van der Waals surface area contributed by atoms with Crippen LogP contribution in [0.4, 0.5) is 13.2 Å². The molecule has 0 saturated carbocycles. The van der Waals surface area contributed by atoms with Gasteiger partial charge in [0.05, 0.1) is 0 Å². The number of nitrogens with two attached hydrogens (primary N) is 1. The van der Waals surface area contributed by atoms with Crippen LogP contribution in [0, 0.1) is 5.82 Å². The van der Waals surface area contributed by atoms with Gasteiger partial charge in [-0.05, 0) is 6.07 Å². The molecule has 1 atom stereocenters. The normalized spacial score (nSPS) is 13.3. The maximum atomic E-state index is 13.0. The van der Waals surface area contributed by atoms with E-state index in [1.54, 1.807) is 6.07 Å². The number of alkyl halides is 2. The molecule has 0 bridgehead atoms. The zero-order valence-electron chi connectivity index (χ0n) is 6.88. The van der Waals surface area contributed by atoms with Crippen molar-refractivity contribution in [2.75, 3.05) is 0 Å². The summed E-state index contributed by atoms with van der Waals surface area (Å²) in [5.74, 6) is -0.532. The van der Waals surface area contributed by atoms with Crippen LogP contribution >= 0.6 is 0 Å². The van der Waals surface area contributed by atoms with Crippen molar-refractivity contribution < 1.29 is 13.2 Å². The molecule has 0 fully saturated rings. The highest BCUT2D eigenvalue weighted by Crippen LogP contribution is 2.20. The fraction of sp³-hybridized carbons (Fsp3) is 0.333. The summed E-state index contributed by atoms with van der Waals surface area (Å²) in [6, 6.07) is 4.77. The van der Waals surface area contributed by atoms with Crippen LogP contribution in [0.15, 0.2) is 24.3 Å². The van der Waals surface area contributed by atoms with Crippen LogP contribution in [-0.4, -0.2) is 6.43 Å². The molecule has 1 aromatic carbocycles. The summed E-state index contributed by atoms with van der Waals surface area (Å²) < 4.78 is 36.8. The maximum absolute atomic E-state index is 13.0. The lowest BCUT2D eigenvalue weighted by atomic mass is 10.0. The minimum atomic E-state index is -2.50. The largest absolute Gasteiger partial charge is 0.324 e. The Morgan fingerprint density at radius 1 is 1.23 bits per heavy atom. The lowest BCUT2D eigenvalue weighted by Crippen LogP contribution is -2.15. The second kappa shape index (κ2) is 4.28. The smallest absolute Gasteiger partial charge is 0.240 e. The lowest BCUT2D eigenvalue weighted by Gasteiger charge is -2.11. The van der Waals surface area contributed by atoms with E-state index in [-0.39, 0.29) is 5.56 Å². The van der Waals surface area contributed by atoms with E-state index in [1.807, 2.05) is 0 Å². The molecule has 2 N–H and O–H groups in total. The third-order valence-electron chi connectivity index (χ3n) is 1.74. The van der Waals surface area contributed by atoms with Crippen molar-refractivity contribution in [3.63, 3.8) is 0 Å². The first-order chi connectivity index (χ1) is 6.11. The summed E-state index contributed by atoms with van der Waals surface area (Å²) >= 11 is 0. The minimum Gasteiger partial charge on any atom is -0.324 e. The number of halogens is 3. The molecule has 0 aliphatic rings. The monoisotopic (exact) mass is 189 g/mol. The van der Waals surface area contributed by atoms with E-state index in [4.69, 9.17) is 5.73 Å². The van der Waals surface area contributed by atoms with Gasteiger partial charge in [-0.1, -0.05) is 18.2 Å². The van der Waals surface area contributed by atoms with E-state index in [9.17, 15) is 13.2 Å². The number of hydrogen-bond acceptors (Lipinski definition) is 1. The Hall–Kier alpha value is -1.03. The van der Waals surface area contributed by atoms with E-state index in [1.165, 1.54) is 18.2 Å². The van der Waals surface area contributed by atoms with Crippen molar-refractivity contribution in [2.45, 2.75) is 18.9 Å². The molecule has 0 heterocycles. The Bertz CT molecular complexity index is 275. The fourth-order valence-corrected chi connectivity index (χ4v) is 1.09. The van der Waals surface area contributed by atoms with Crippen molar-refractivity contribution in [1.29, 1.82) is 0 Å². The first-order valence-corrected chi connectivity index (χ1v) is 3.89. The van der Waals surface area contributed by atoms with Crippen molar-refractivity contribution in [3.8, 4) is 0 Å². The van der Waals surface area contributed by atoms with Crippen LogP contribution in [0.5, 0.6) is 0 Å². The van der Waals surface area contributed by atoms with E-state index < -0.39 is 24.7 Å². The van der Waals surface area contributed by atoms with Crippen LogP contribution in [0.1, 0.15) is 18.0 Å². The summed E-state index contributed by atoms with van der Waals surface area (Å²) in [6.07, 6.45) is -3.02. The maximum Gasteiger partial charge on any atom is 0.240 e. The average molecular weight is 189 g/mol. The van der Waals surface area contributed by atoms with Gasteiger partial charge < -0.3 is 5.73 Å². The van der Waals surface area contributed by atoms with Crippen LogP contribution in [0.3, 0.4) is 0 Å². The zero-order chi connectivity index (χ0) is 9.84. The number of benzene rings is 1. The Kier molecular flexibility index (Phi) is 3.31. The fourth-order valence-electron chi connectivity index (χ4n) is 1.09. The number of rotatable bonds is 3. The Labute approximate surface area is 74.4 Å². The van der Waals surface area contributed by atoms with Crippen LogP contribution in [0.25, 0.3) is 0 Å². The van der Waals surface area contributed by atoms with Gasteiger partial charge in [0.15, 0.2) is 0 Å². The number of hydrogen-bond donors (Lipinski definition) is 1. The zero-order valence-corrected chi connectivity index (χ0v) is 6.88. The molecule has 0 amide bonds. The van der Waals surface area contributed by atoms with Crippen LogP contribution in [-0.2, 0) is 0 Å². The van der Waals surface area contributed by atoms with Crippen molar-refractivity contribution in [1.82, 2.24) is 0 Å². The molecule has 1 rings (SSSR count). The third kappa shape index (κ3) is 2.73. The van der Waals surface area contributed by atoms with Crippen molar-refractivity contribution >= 4 is 0 Å². The molecule has 0 saturated heterocycles. The first-order valence-electron chi connectivity index (χ1n) is 3.89. The SMILES string of the molecule is NC(CC(F)F)c1ccccc1F. The molecule has 0 aromatic heterocycles. The van der Waals surface area contributed by atoms with Gasteiger partial charge >= 0.3 is 0 Å². The highest BCUT2D eigenvalue weighted by Gasteiger charge is 2.15. The van der Waals surface area contributed by atoms with Gasteiger partial charge in [-0.2, -0.15) is 0 Å². The minimum absolute atomic E-state index is 0.141. The van der Waals surface area contributed by atoms with E-state index in [2.05, 4.69) is 0 Å². The summed E-state index contributed by atoms with van der Waals surface area (Å²) in [6.45, 7) is 0. The van der Waals surface area contributed by atoms with Gasteiger partial charge in [0, 0.05) is 18.0 Å². The van der Waals surface area contributed by atoms with E-state index in [0.29, 0.717) is 0 Å².